The smallest absolute Gasteiger partial charge is 0.399 e. The van der Waals surface area contributed by atoms with Crippen LogP contribution in [0.5, 0.6) is 0 Å². The van der Waals surface area contributed by atoms with Gasteiger partial charge in [-0.1, -0.05) is 12.1 Å². The lowest BCUT2D eigenvalue weighted by molar-refractivity contribution is 0.00578. The molecule has 1 fully saturated rings. The van der Waals surface area contributed by atoms with Crippen molar-refractivity contribution in [3.8, 4) is 0 Å². The SMILES string of the molecule is CC1(C)OB(c2ccc(C(=O)Nc3nccs3)cc2)OC1(C)C. The molecule has 2 aromatic rings. The Bertz CT molecular complexity index is 683. The van der Waals surface area contributed by atoms with E-state index in [2.05, 4.69) is 10.3 Å². The highest BCUT2D eigenvalue weighted by atomic mass is 32.1. The van der Waals surface area contributed by atoms with Crippen LogP contribution < -0.4 is 10.8 Å². The van der Waals surface area contributed by atoms with Crippen molar-refractivity contribution in [2.24, 2.45) is 0 Å². The molecule has 1 aliphatic heterocycles. The van der Waals surface area contributed by atoms with E-state index in [-0.39, 0.29) is 17.1 Å². The van der Waals surface area contributed by atoms with Crippen LogP contribution in [0, 0.1) is 0 Å². The molecule has 1 saturated heterocycles. The summed E-state index contributed by atoms with van der Waals surface area (Å²) >= 11 is 1.39. The Hall–Kier alpha value is -1.70. The van der Waals surface area contributed by atoms with Gasteiger partial charge in [-0.25, -0.2) is 4.98 Å². The lowest BCUT2D eigenvalue weighted by atomic mass is 9.79. The summed E-state index contributed by atoms with van der Waals surface area (Å²) in [7, 11) is -0.420. The zero-order valence-corrected chi connectivity index (χ0v) is 14.4. The van der Waals surface area contributed by atoms with Crippen LogP contribution in [0.15, 0.2) is 35.8 Å². The molecule has 3 rings (SSSR count). The molecular weight excluding hydrogens is 311 g/mol. The summed E-state index contributed by atoms with van der Waals surface area (Å²) in [4.78, 5) is 16.2. The number of aromatic nitrogens is 1. The Labute approximate surface area is 140 Å². The fourth-order valence-corrected chi connectivity index (χ4v) is 2.75. The molecule has 1 aromatic carbocycles. The molecule has 7 heteroatoms. The summed E-state index contributed by atoms with van der Waals surface area (Å²) in [5.74, 6) is -0.180. The summed E-state index contributed by atoms with van der Waals surface area (Å²) in [6.07, 6.45) is 1.65. The number of thiazole rings is 1. The van der Waals surface area contributed by atoms with E-state index in [0.717, 1.165) is 5.46 Å². The van der Waals surface area contributed by atoms with E-state index < -0.39 is 7.12 Å². The molecule has 0 bridgehead atoms. The lowest BCUT2D eigenvalue weighted by Gasteiger charge is -2.32. The normalized spacial score (nSPS) is 18.9. The highest BCUT2D eigenvalue weighted by Crippen LogP contribution is 2.36. The zero-order chi connectivity index (χ0) is 16.7. The molecule has 0 radical (unpaired) electrons. The fourth-order valence-electron chi connectivity index (χ4n) is 2.23. The third kappa shape index (κ3) is 3.17. The van der Waals surface area contributed by atoms with E-state index in [1.807, 2.05) is 45.2 Å². The van der Waals surface area contributed by atoms with Crippen molar-refractivity contribution in [1.82, 2.24) is 4.98 Å². The molecule has 120 valence electrons. The Kier molecular flexibility index (Phi) is 4.04. The van der Waals surface area contributed by atoms with Crippen molar-refractivity contribution < 1.29 is 14.1 Å². The second-order valence-electron chi connectivity index (χ2n) is 6.50. The Balaban J connectivity index is 1.72. The van der Waals surface area contributed by atoms with Crippen molar-refractivity contribution in [1.29, 1.82) is 0 Å². The number of anilines is 1. The van der Waals surface area contributed by atoms with Crippen LogP contribution in [0.4, 0.5) is 5.13 Å². The van der Waals surface area contributed by atoms with Gasteiger partial charge in [0.25, 0.3) is 5.91 Å². The maximum atomic E-state index is 12.1. The minimum Gasteiger partial charge on any atom is -0.399 e. The summed E-state index contributed by atoms with van der Waals surface area (Å²) in [6, 6.07) is 7.25. The summed E-state index contributed by atoms with van der Waals surface area (Å²) in [5.41, 5.74) is 0.715. The molecule has 0 aliphatic carbocycles. The Morgan fingerprint density at radius 2 is 1.74 bits per heavy atom. The fraction of sp³-hybridized carbons (Fsp3) is 0.375. The van der Waals surface area contributed by atoms with Crippen molar-refractivity contribution in [3.05, 3.63) is 41.4 Å². The maximum Gasteiger partial charge on any atom is 0.494 e. The topological polar surface area (TPSA) is 60.5 Å². The van der Waals surface area contributed by atoms with Crippen LogP contribution in [-0.4, -0.2) is 29.2 Å². The second-order valence-corrected chi connectivity index (χ2v) is 7.40. The largest absolute Gasteiger partial charge is 0.494 e. The standard InChI is InChI=1S/C16H19BN2O3S/c1-15(2)16(3,4)22-17(21-15)12-7-5-11(6-8-12)13(20)19-14-18-9-10-23-14/h5-10H,1-4H3,(H,18,19,20). The van der Waals surface area contributed by atoms with E-state index in [0.29, 0.717) is 10.7 Å². The van der Waals surface area contributed by atoms with Crippen LogP contribution in [-0.2, 0) is 9.31 Å². The first-order valence-corrected chi connectivity index (χ1v) is 8.33. The van der Waals surface area contributed by atoms with Crippen LogP contribution in [0.25, 0.3) is 0 Å². The van der Waals surface area contributed by atoms with Crippen LogP contribution in [0.1, 0.15) is 38.1 Å². The van der Waals surface area contributed by atoms with Gasteiger partial charge in [0.2, 0.25) is 0 Å². The van der Waals surface area contributed by atoms with Gasteiger partial charge in [-0.15, -0.1) is 11.3 Å². The summed E-state index contributed by atoms with van der Waals surface area (Å²) in [6.45, 7) is 8.07. The Morgan fingerprint density at radius 1 is 1.13 bits per heavy atom. The number of hydrogen-bond donors (Lipinski definition) is 1. The van der Waals surface area contributed by atoms with Crippen molar-refractivity contribution in [2.45, 2.75) is 38.9 Å². The number of hydrogen-bond acceptors (Lipinski definition) is 5. The minimum absolute atomic E-state index is 0.180. The molecule has 0 saturated carbocycles. The predicted molar refractivity (Wildman–Crippen MR) is 92.2 cm³/mol. The Morgan fingerprint density at radius 3 is 2.26 bits per heavy atom. The highest BCUT2D eigenvalue weighted by molar-refractivity contribution is 7.13. The van der Waals surface area contributed by atoms with Gasteiger partial charge in [0.15, 0.2) is 5.13 Å². The number of carbonyl (C=O) groups excluding carboxylic acids is 1. The molecule has 5 nitrogen and oxygen atoms in total. The van der Waals surface area contributed by atoms with Gasteiger partial charge in [-0.05, 0) is 45.3 Å². The number of carbonyl (C=O) groups is 1. The average Bonchev–Trinajstić information content (AvgIpc) is 3.05. The number of nitrogens with zero attached hydrogens (tertiary/aromatic N) is 1. The number of nitrogens with one attached hydrogen (secondary N) is 1. The predicted octanol–water partition coefficient (Wildman–Crippen LogP) is 2.69. The van der Waals surface area contributed by atoms with Gasteiger partial charge in [-0.2, -0.15) is 0 Å². The monoisotopic (exact) mass is 330 g/mol. The minimum atomic E-state index is -0.420. The molecule has 0 spiro atoms. The van der Waals surface area contributed by atoms with Crippen LogP contribution in [0.3, 0.4) is 0 Å². The zero-order valence-electron chi connectivity index (χ0n) is 13.6. The van der Waals surface area contributed by atoms with E-state index in [9.17, 15) is 4.79 Å². The first-order chi connectivity index (χ1) is 10.8. The highest BCUT2D eigenvalue weighted by Gasteiger charge is 2.51. The van der Waals surface area contributed by atoms with Gasteiger partial charge in [0, 0.05) is 17.1 Å². The van der Waals surface area contributed by atoms with Gasteiger partial charge in [0.05, 0.1) is 11.2 Å². The first-order valence-electron chi connectivity index (χ1n) is 7.45. The molecule has 1 aromatic heterocycles. The van der Waals surface area contributed by atoms with Crippen LogP contribution in [0.2, 0.25) is 0 Å². The third-order valence-corrected chi connectivity index (χ3v) is 5.04. The van der Waals surface area contributed by atoms with E-state index >= 15 is 0 Å². The molecule has 1 amide bonds. The maximum absolute atomic E-state index is 12.1. The summed E-state index contributed by atoms with van der Waals surface area (Å²) in [5, 5.41) is 5.16. The van der Waals surface area contributed by atoms with Crippen molar-refractivity contribution >= 4 is 35.0 Å². The van der Waals surface area contributed by atoms with E-state index in [1.165, 1.54) is 11.3 Å². The first kappa shape index (κ1) is 16.2. The van der Waals surface area contributed by atoms with E-state index in [1.54, 1.807) is 18.3 Å². The molecule has 2 heterocycles. The molecule has 1 N–H and O–H groups in total. The third-order valence-electron chi connectivity index (χ3n) is 4.35. The average molecular weight is 330 g/mol. The lowest BCUT2D eigenvalue weighted by Crippen LogP contribution is -2.41. The second kappa shape index (κ2) is 5.74. The molecule has 0 unspecified atom stereocenters. The van der Waals surface area contributed by atoms with Gasteiger partial charge < -0.3 is 9.31 Å². The van der Waals surface area contributed by atoms with Gasteiger partial charge >= 0.3 is 7.12 Å². The van der Waals surface area contributed by atoms with Gasteiger partial charge in [-0.3, -0.25) is 10.1 Å². The molecular formula is C16H19BN2O3S. The van der Waals surface area contributed by atoms with E-state index in [4.69, 9.17) is 9.31 Å². The van der Waals surface area contributed by atoms with Crippen molar-refractivity contribution in [3.63, 3.8) is 0 Å². The number of amides is 1. The quantitative estimate of drug-likeness (QED) is 0.879. The van der Waals surface area contributed by atoms with Crippen LogP contribution >= 0.6 is 11.3 Å². The molecule has 1 aliphatic rings. The van der Waals surface area contributed by atoms with Gasteiger partial charge in [0.1, 0.15) is 0 Å². The number of rotatable bonds is 3. The molecule has 0 atom stereocenters. The number of benzene rings is 1. The van der Waals surface area contributed by atoms with Crippen molar-refractivity contribution in [2.75, 3.05) is 5.32 Å². The summed E-state index contributed by atoms with van der Waals surface area (Å²) < 4.78 is 12.0. The molecule has 23 heavy (non-hydrogen) atoms.